The second-order valence-electron chi connectivity index (χ2n) is 10.0. The van der Waals surface area contributed by atoms with Crippen LogP contribution in [-0.4, -0.2) is 37.2 Å². The molecule has 1 atom stereocenters. The summed E-state index contributed by atoms with van der Waals surface area (Å²) in [6, 6.07) is 26.9. The average Bonchev–Trinajstić information content (AvgIpc) is 3.03. The molecule has 0 saturated carbocycles. The van der Waals surface area contributed by atoms with E-state index >= 15 is 0 Å². The smallest absolute Gasteiger partial charge is 0.272 e. The molecule has 0 aliphatic rings. The van der Waals surface area contributed by atoms with Crippen molar-refractivity contribution in [2.45, 2.75) is 30.9 Å². The van der Waals surface area contributed by atoms with Gasteiger partial charge in [0.05, 0.1) is 19.5 Å². The Labute approximate surface area is 261 Å². The third-order valence-electron chi connectivity index (χ3n) is 6.69. The lowest BCUT2D eigenvalue weighted by Crippen LogP contribution is -2.30. The first-order valence-corrected chi connectivity index (χ1v) is 14.8. The number of ether oxygens (including phenoxy) is 2. The van der Waals surface area contributed by atoms with Gasteiger partial charge in [-0.25, -0.2) is 0 Å². The molecule has 3 amide bonds. The van der Waals surface area contributed by atoms with Crippen molar-refractivity contribution in [3.8, 4) is 11.5 Å². The summed E-state index contributed by atoms with van der Waals surface area (Å²) in [6.07, 6.45) is 1.55. The Hall–Kier alpha value is -5.02. The molecule has 44 heavy (non-hydrogen) atoms. The Morgan fingerprint density at radius 2 is 1.59 bits per heavy atom. The van der Waals surface area contributed by atoms with Crippen LogP contribution in [0, 0.1) is 13.8 Å². The van der Waals surface area contributed by atoms with Gasteiger partial charge in [0.2, 0.25) is 5.91 Å². The third-order valence-corrected chi connectivity index (χ3v) is 7.79. The fourth-order valence-corrected chi connectivity index (χ4v) is 5.17. The highest BCUT2D eigenvalue weighted by molar-refractivity contribution is 8.00. The van der Waals surface area contributed by atoms with Gasteiger partial charge in [-0.2, -0.15) is 0 Å². The minimum atomic E-state index is -0.532. The van der Waals surface area contributed by atoms with E-state index in [0.717, 1.165) is 21.7 Å². The lowest BCUT2D eigenvalue weighted by molar-refractivity contribution is -0.115. The molecule has 0 bridgehead atoms. The quantitative estimate of drug-likeness (QED) is 0.127. The molecule has 4 aromatic rings. The van der Waals surface area contributed by atoms with Gasteiger partial charge in [0.1, 0.15) is 17.2 Å². The van der Waals surface area contributed by atoms with Gasteiger partial charge in [-0.3, -0.25) is 14.4 Å². The van der Waals surface area contributed by atoms with E-state index < -0.39 is 17.1 Å². The van der Waals surface area contributed by atoms with E-state index in [4.69, 9.17) is 9.47 Å². The van der Waals surface area contributed by atoms with Crippen molar-refractivity contribution >= 4 is 46.9 Å². The van der Waals surface area contributed by atoms with E-state index in [9.17, 15) is 14.4 Å². The summed E-state index contributed by atoms with van der Waals surface area (Å²) in [5.41, 5.74) is 4.33. The first kappa shape index (κ1) is 31.9. The molecule has 8 nitrogen and oxygen atoms in total. The summed E-state index contributed by atoms with van der Waals surface area (Å²) in [5, 5.41) is 8.22. The lowest BCUT2D eigenvalue weighted by Gasteiger charge is -2.15. The minimum absolute atomic E-state index is 0.0154. The molecule has 0 radical (unpaired) electrons. The van der Waals surface area contributed by atoms with Crippen LogP contribution < -0.4 is 25.4 Å². The zero-order chi connectivity index (χ0) is 31.6. The molecule has 0 aliphatic carbocycles. The summed E-state index contributed by atoms with van der Waals surface area (Å²) in [7, 11) is 3.06. The first-order chi connectivity index (χ1) is 21.2. The van der Waals surface area contributed by atoms with Gasteiger partial charge in [-0.15, -0.1) is 11.8 Å². The highest BCUT2D eigenvalue weighted by Gasteiger charge is 2.18. The summed E-state index contributed by atoms with van der Waals surface area (Å²) in [5.74, 6) is -0.0393. The summed E-state index contributed by atoms with van der Waals surface area (Å²) < 4.78 is 10.8. The molecule has 9 heteroatoms. The van der Waals surface area contributed by atoms with Crippen LogP contribution in [0.3, 0.4) is 0 Å². The molecule has 0 aromatic heterocycles. The topological polar surface area (TPSA) is 106 Å². The zero-order valence-corrected chi connectivity index (χ0v) is 26.1. The summed E-state index contributed by atoms with van der Waals surface area (Å²) in [4.78, 5) is 40.4. The number of hydrogen-bond donors (Lipinski definition) is 3. The van der Waals surface area contributed by atoms with Crippen molar-refractivity contribution in [1.82, 2.24) is 5.32 Å². The number of anilines is 2. The van der Waals surface area contributed by atoms with Crippen molar-refractivity contribution in [2.24, 2.45) is 0 Å². The zero-order valence-electron chi connectivity index (χ0n) is 25.3. The molecule has 0 saturated heterocycles. The maximum atomic E-state index is 13.6. The Bertz CT molecular complexity index is 1690. The highest BCUT2D eigenvalue weighted by atomic mass is 32.2. The Kier molecular flexibility index (Phi) is 10.8. The Balaban J connectivity index is 1.53. The number of benzene rings is 4. The predicted molar refractivity (Wildman–Crippen MR) is 176 cm³/mol. The monoisotopic (exact) mass is 609 g/mol. The van der Waals surface area contributed by atoms with Crippen LogP contribution >= 0.6 is 11.8 Å². The van der Waals surface area contributed by atoms with E-state index in [2.05, 4.69) is 16.0 Å². The van der Waals surface area contributed by atoms with Crippen LogP contribution in [0.15, 0.2) is 102 Å². The van der Waals surface area contributed by atoms with Crippen molar-refractivity contribution in [3.63, 3.8) is 0 Å². The normalized spacial score (nSPS) is 11.7. The molecule has 0 aliphatic heterocycles. The first-order valence-electron chi connectivity index (χ1n) is 13.9. The molecule has 3 N–H and O–H groups in total. The number of carbonyl (C=O) groups excluding carboxylic acids is 3. The van der Waals surface area contributed by atoms with Gasteiger partial charge in [0.15, 0.2) is 0 Å². The maximum absolute atomic E-state index is 13.6. The van der Waals surface area contributed by atoms with Crippen molar-refractivity contribution in [3.05, 3.63) is 119 Å². The Morgan fingerprint density at radius 3 is 2.32 bits per heavy atom. The summed E-state index contributed by atoms with van der Waals surface area (Å²) in [6.45, 7) is 5.77. The average molecular weight is 610 g/mol. The van der Waals surface area contributed by atoms with Crippen molar-refractivity contribution in [1.29, 1.82) is 0 Å². The van der Waals surface area contributed by atoms with E-state index in [1.54, 1.807) is 73.8 Å². The van der Waals surface area contributed by atoms with Gasteiger partial charge < -0.3 is 25.4 Å². The molecule has 0 spiro atoms. The highest BCUT2D eigenvalue weighted by Crippen LogP contribution is 2.29. The van der Waals surface area contributed by atoms with E-state index in [-0.39, 0.29) is 11.6 Å². The number of amides is 3. The maximum Gasteiger partial charge on any atom is 0.272 e. The van der Waals surface area contributed by atoms with E-state index in [1.807, 2.05) is 51.1 Å². The molecule has 226 valence electrons. The second-order valence-corrected chi connectivity index (χ2v) is 11.4. The second kappa shape index (κ2) is 14.9. The molecule has 0 heterocycles. The number of rotatable bonds is 11. The standard InChI is InChI=1S/C35H35N3O5S/c1-22-14-15-23(2)30(18-22)37-33(39)24(3)44-29-13-9-12-27(20-29)36-35(41)31(38-34(40)25-10-7-6-8-11-25)19-26-16-17-28(42-4)21-32(26)43-5/h6-21,24H,1-5H3,(H,36,41)(H,37,39)(H,38,40)/b31-19+. The molecular formula is C35H35N3O5S. The molecule has 4 rings (SSSR count). The van der Waals surface area contributed by atoms with E-state index in [0.29, 0.717) is 28.3 Å². The van der Waals surface area contributed by atoms with E-state index in [1.165, 1.54) is 18.9 Å². The van der Waals surface area contributed by atoms with Gasteiger partial charge in [-0.1, -0.05) is 36.4 Å². The number of thioether (sulfide) groups is 1. The van der Waals surface area contributed by atoms with Crippen LogP contribution in [0.5, 0.6) is 11.5 Å². The minimum Gasteiger partial charge on any atom is -0.497 e. The third kappa shape index (κ3) is 8.52. The van der Waals surface area contributed by atoms with Crippen LogP contribution in [0.2, 0.25) is 0 Å². The fraction of sp³-hybridized carbons (Fsp3) is 0.171. The number of hydrogen-bond acceptors (Lipinski definition) is 6. The number of carbonyl (C=O) groups is 3. The number of aryl methyl sites for hydroxylation is 2. The number of nitrogens with one attached hydrogen (secondary N) is 3. The van der Waals surface area contributed by atoms with Crippen molar-refractivity contribution < 1.29 is 23.9 Å². The van der Waals surface area contributed by atoms with Gasteiger partial charge >= 0.3 is 0 Å². The number of methoxy groups -OCH3 is 2. The van der Waals surface area contributed by atoms with Gasteiger partial charge in [0.25, 0.3) is 11.8 Å². The van der Waals surface area contributed by atoms with Gasteiger partial charge in [0, 0.05) is 33.5 Å². The fourth-order valence-electron chi connectivity index (χ4n) is 4.24. The Morgan fingerprint density at radius 1 is 0.818 bits per heavy atom. The SMILES string of the molecule is COc1ccc(/C=C(/NC(=O)c2ccccc2)C(=O)Nc2cccc(SC(C)C(=O)Nc3cc(C)ccc3C)c2)c(OC)c1. The van der Waals surface area contributed by atoms with Gasteiger partial charge in [-0.05, 0) is 86.5 Å². The lowest BCUT2D eigenvalue weighted by atomic mass is 10.1. The summed E-state index contributed by atoms with van der Waals surface area (Å²) >= 11 is 1.37. The van der Waals surface area contributed by atoms with Crippen LogP contribution in [0.4, 0.5) is 11.4 Å². The van der Waals surface area contributed by atoms with Crippen LogP contribution in [0.1, 0.15) is 34.0 Å². The molecular weight excluding hydrogens is 574 g/mol. The molecule has 1 unspecified atom stereocenters. The largest absolute Gasteiger partial charge is 0.497 e. The molecule has 0 fully saturated rings. The van der Waals surface area contributed by atoms with Crippen LogP contribution in [0.25, 0.3) is 6.08 Å². The molecule has 4 aromatic carbocycles. The van der Waals surface area contributed by atoms with Crippen LogP contribution in [-0.2, 0) is 9.59 Å². The van der Waals surface area contributed by atoms with Crippen molar-refractivity contribution in [2.75, 3.05) is 24.9 Å². The predicted octanol–water partition coefficient (Wildman–Crippen LogP) is 6.85.